The number of amides is 2. The Morgan fingerprint density at radius 3 is 2.28 bits per heavy atom. The van der Waals surface area contributed by atoms with Crippen LogP contribution in [0.5, 0.6) is 0 Å². The van der Waals surface area contributed by atoms with Gasteiger partial charge in [-0.3, -0.25) is 9.59 Å². The zero-order chi connectivity index (χ0) is 20.6. The zero-order valence-electron chi connectivity index (χ0n) is 15.6. The van der Waals surface area contributed by atoms with Gasteiger partial charge in [0.25, 0.3) is 0 Å². The monoisotopic (exact) mass is 388 g/mol. The summed E-state index contributed by atoms with van der Waals surface area (Å²) in [6.07, 6.45) is 0.199. The number of hydrogen-bond donors (Lipinski definition) is 2. The third kappa shape index (κ3) is 5.52. The average Bonchev–Trinajstić information content (AvgIpc) is 2.73. The minimum atomic E-state index is -0.579. The number of benzene rings is 3. The van der Waals surface area contributed by atoms with E-state index in [-0.39, 0.29) is 24.5 Å². The number of esters is 1. The Bertz CT molecular complexity index is 1030. The van der Waals surface area contributed by atoms with Gasteiger partial charge in [0.1, 0.15) is 6.61 Å². The third-order valence-corrected chi connectivity index (χ3v) is 4.21. The molecule has 2 amide bonds. The van der Waals surface area contributed by atoms with Crippen LogP contribution in [0.25, 0.3) is 0 Å². The van der Waals surface area contributed by atoms with Crippen LogP contribution in [0, 0.1) is 0 Å². The molecule has 3 aromatic rings. The number of carbonyl (C=O) groups excluding carboxylic acids is 3. The molecule has 29 heavy (non-hydrogen) atoms. The summed E-state index contributed by atoms with van der Waals surface area (Å²) in [5.74, 6) is -1.36. The van der Waals surface area contributed by atoms with Gasteiger partial charge >= 0.3 is 5.97 Å². The van der Waals surface area contributed by atoms with Crippen LogP contribution in [-0.4, -0.2) is 17.8 Å². The molecule has 0 bridgehead atoms. The van der Waals surface area contributed by atoms with E-state index in [1.807, 2.05) is 30.3 Å². The Morgan fingerprint density at radius 2 is 1.52 bits per heavy atom. The van der Waals surface area contributed by atoms with Crippen molar-refractivity contribution in [3.63, 3.8) is 0 Å². The second-order valence-corrected chi connectivity index (χ2v) is 6.40. The average molecular weight is 388 g/mol. The van der Waals surface area contributed by atoms with Crippen molar-refractivity contribution in [2.24, 2.45) is 5.73 Å². The van der Waals surface area contributed by atoms with Crippen LogP contribution in [0.1, 0.15) is 31.8 Å². The lowest BCUT2D eigenvalue weighted by molar-refractivity contribution is -0.115. The molecule has 0 aliphatic carbocycles. The minimum absolute atomic E-state index is 0.0216. The standard InChI is InChI=1S/C23H20N2O4/c24-22(27)18-10-6-9-17(13-18)15-29-23(28)19-11-4-5-12-20(19)25-21(26)14-16-7-2-1-3-8-16/h1-13H,14-15H2,(H2,24,27)(H,25,26). The van der Waals surface area contributed by atoms with Crippen molar-refractivity contribution >= 4 is 23.5 Å². The highest BCUT2D eigenvalue weighted by molar-refractivity contribution is 6.01. The van der Waals surface area contributed by atoms with Crippen molar-refractivity contribution in [2.75, 3.05) is 5.32 Å². The maximum absolute atomic E-state index is 12.5. The van der Waals surface area contributed by atoms with E-state index in [1.54, 1.807) is 48.5 Å². The maximum Gasteiger partial charge on any atom is 0.340 e. The quantitative estimate of drug-likeness (QED) is 0.607. The summed E-state index contributed by atoms with van der Waals surface area (Å²) < 4.78 is 5.35. The van der Waals surface area contributed by atoms with Crippen molar-refractivity contribution < 1.29 is 19.1 Å². The molecule has 6 heteroatoms. The number of ether oxygens (including phenoxy) is 1. The van der Waals surface area contributed by atoms with E-state index >= 15 is 0 Å². The Hall–Kier alpha value is -3.93. The number of rotatable bonds is 7. The summed E-state index contributed by atoms with van der Waals surface area (Å²) in [5.41, 5.74) is 7.75. The Kier molecular flexibility index (Phi) is 6.37. The highest BCUT2D eigenvalue weighted by atomic mass is 16.5. The fraction of sp³-hybridized carbons (Fsp3) is 0.0870. The second kappa shape index (κ2) is 9.32. The van der Waals surface area contributed by atoms with E-state index in [2.05, 4.69) is 5.32 Å². The summed E-state index contributed by atoms with van der Waals surface area (Å²) in [6.45, 7) is -0.0216. The molecule has 0 aliphatic heterocycles. The molecule has 0 fully saturated rings. The fourth-order valence-corrected chi connectivity index (χ4v) is 2.79. The highest BCUT2D eigenvalue weighted by Crippen LogP contribution is 2.18. The van der Waals surface area contributed by atoms with E-state index in [0.717, 1.165) is 5.56 Å². The van der Waals surface area contributed by atoms with Crippen LogP contribution in [0.15, 0.2) is 78.9 Å². The number of anilines is 1. The van der Waals surface area contributed by atoms with Crippen molar-refractivity contribution in [1.29, 1.82) is 0 Å². The summed E-state index contributed by atoms with van der Waals surface area (Å²) in [6, 6.07) is 22.5. The van der Waals surface area contributed by atoms with Gasteiger partial charge in [0.15, 0.2) is 0 Å². The summed E-state index contributed by atoms with van der Waals surface area (Å²) in [7, 11) is 0. The molecule has 0 heterocycles. The molecule has 0 saturated heterocycles. The molecular formula is C23H20N2O4. The van der Waals surface area contributed by atoms with Gasteiger partial charge in [0.2, 0.25) is 11.8 Å². The van der Waals surface area contributed by atoms with Gasteiger partial charge in [-0.05, 0) is 35.4 Å². The fourth-order valence-electron chi connectivity index (χ4n) is 2.79. The maximum atomic E-state index is 12.5. The molecular weight excluding hydrogens is 368 g/mol. The SMILES string of the molecule is NC(=O)c1cccc(COC(=O)c2ccccc2NC(=O)Cc2ccccc2)c1. The number of nitrogens with one attached hydrogen (secondary N) is 1. The smallest absolute Gasteiger partial charge is 0.340 e. The normalized spacial score (nSPS) is 10.2. The predicted molar refractivity (Wildman–Crippen MR) is 109 cm³/mol. The van der Waals surface area contributed by atoms with Gasteiger partial charge in [-0.25, -0.2) is 4.79 Å². The molecule has 0 spiro atoms. The number of nitrogens with two attached hydrogens (primary N) is 1. The first kappa shape index (κ1) is 19.8. The van der Waals surface area contributed by atoms with Crippen molar-refractivity contribution in [3.05, 3.63) is 101 Å². The molecule has 0 aliphatic rings. The third-order valence-electron chi connectivity index (χ3n) is 4.21. The van der Waals surface area contributed by atoms with Gasteiger partial charge in [0.05, 0.1) is 17.7 Å². The first-order valence-electron chi connectivity index (χ1n) is 9.01. The largest absolute Gasteiger partial charge is 0.457 e. The van der Waals surface area contributed by atoms with Crippen molar-refractivity contribution in [1.82, 2.24) is 0 Å². The Labute approximate surface area is 168 Å². The second-order valence-electron chi connectivity index (χ2n) is 6.40. The molecule has 3 aromatic carbocycles. The lowest BCUT2D eigenvalue weighted by atomic mass is 10.1. The van der Waals surface area contributed by atoms with Crippen LogP contribution in [-0.2, 0) is 22.6 Å². The zero-order valence-corrected chi connectivity index (χ0v) is 15.6. The van der Waals surface area contributed by atoms with Crippen molar-refractivity contribution in [2.45, 2.75) is 13.0 Å². The Morgan fingerprint density at radius 1 is 0.828 bits per heavy atom. The van der Waals surface area contributed by atoms with Gasteiger partial charge in [0, 0.05) is 5.56 Å². The van der Waals surface area contributed by atoms with E-state index in [1.165, 1.54) is 0 Å². The highest BCUT2D eigenvalue weighted by Gasteiger charge is 2.15. The molecule has 6 nitrogen and oxygen atoms in total. The van der Waals surface area contributed by atoms with E-state index in [4.69, 9.17) is 10.5 Å². The molecule has 0 saturated carbocycles. The van der Waals surface area contributed by atoms with Gasteiger partial charge in [-0.1, -0.05) is 54.6 Å². The van der Waals surface area contributed by atoms with Gasteiger partial charge < -0.3 is 15.8 Å². The number of hydrogen-bond acceptors (Lipinski definition) is 4. The molecule has 146 valence electrons. The molecule has 0 radical (unpaired) electrons. The first-order chi connectivity index (χ1) is 14.0. The molecule has 0 aromatic heterocycles. The Balaban J connectivity index is 1.66. The molecule has 0 atom stereocenters. The number of para-hydroxylation sites is 1. The van der Waals surface area contributed by atoms with E-state index in [9.17, 15) is 14.4 Å². The number of carbonyl (C=O) groups is 3. The van der Waals surface area contributed by atoms with Crippen LogP contribution >= 0.6 is 0 Å². The van der Waals surface area contributed by atoms with Crippen molar-refractivity contribution in [3.8, 4) is 0 Å². The van der Waals surface area contributed by atoms with Gasteiger partial charge in [-0.15, -0.1) is 0 Å². The lowest BCUT2D eigenvalue weighted by Crippen LogP contribution is -2.17. The summed E-state index contributed by atoms with van der Waals surface area (Å²) in [4.78, 5) is 36.1. The number of primary amides is 1. The van der Waals surface area contributed by atoms with Gasteiger partial charge in [-0.2, -0.15) is 0 Å². The molecule has 0 unspecified atom stereocenters. The molecule has 3 N–H and O–H groups in total. The summed E-state index contributed by atoms with van der Waals surface area (Å²) >= 11 is 0. The minimum Gasteiger partial charge on any atom is -0.457 e. The van der Waals surface area contributed by atoms with Crippen LogP contribution in [0.4, 0.5) is 5.69 Å². The van der Waals surface area contributed by atoms with Crippen LogP contribution in [0.3, 0.4) is 0 Å². The lowest BCUT2D eigenvalue weighted by Gasteiger charge is -2.11. The first-order valence-corrected chi connectivity index (χ1v) is 9.01. The van der Waals surface area contributed by atoms with Crippen LogP contribution in [0.2, 0.25) is 0 Å². The molecule has 3 rings (SSSR count). The predicted octanol–water partition coefficient (Wildman–Crippen LogP) is 3.32. The van der Waals surface area contributed by atoms with E-state index < -0.39 is 11.9 Å². The topological polar surface area (TPSA) is 98.5 Å². The van der Waals surface area contributed by atoms with Crippen LogP contribution < -0.4 is 11.1 Å². The summed E-state index contributed by atoms with van der Waals surface area (Å²) in [5, 5.41) is 2.76. The van der Waals surface area contributed by atoms with E-state index in [0.29, 0.717) is 16.8 Å².